The second-order valence-corrected chi connectivity index (χ2v) is 2.64. The lowest BCUT2D eigenvalue weighted by atomic mass is 10.1. The number of hydrogen-bond acceptors (Lipinski definition) is 2. The lowest BCUT2D eigenvalue weighted by Crippen LogP contribution is -1.84. The summed E-state index contributed by atoms with van der Waals surface area (Å²) in [6, 6.07) is 8.06. The molecule has 0 aliphatic heterocycles. The fourth-order valence-electron chi connectivity index (χ4n) is 1.19. The van der Waals surface area contributed by atoms with Crippen LogP contribution in [-0.2, 0) is 0 Å². The van der Waals surface area contributed by atoms with Crippen molar-refractivity contribution in [3.05, 3.63) is 42.0 Å². The Bertz CT molecular complexity index is 500. The topological polar surface area (TPSA) is 36.7 Å². The van der Waals surface area contributed by atoms with E-state index in [1.807, 2.05) is 6.07 Å². The first-order valence-electron chi connectivity index (χ1n) is 3.75. The highest BCUT2D eigenvalue weighted by Crippen LogP contribution is 2.16. The Kier molecular flexibility index (Phi) is 1.67. The summed E-state index contributed by atoms with van der Waals surface area (Å²) in [6.07, 6.45) is 1.50. The number of aromatic nitrogens is 1. The third kappa shape index (κ3) is 1.23. The van der Waals surface area contributed by atoms with E-state index in [1.165, 1.54) is 18.3 Å². The molecule has 0 N–H and O–H groups in total. The van der Waals surface area contributed by atoms with Crippen LogP contribution < -0.4 is 0 Å². The zero-order valence-electron chi connectivity index (χ0n) is 6.66. The van der Waals surface area contributed by atoms with Crippen molar-refractivity contribution in [1.82, 2.24) is 4.98 Å². The second-order valence-electron chi connectivity index (χ2n) is 2.64. The van der Waals surface area contributed by atoms with Crippen LogP contribution in [-0.4, -0.2) is 4.98 Å². The monoisotopic (exact) mass is 172 g/mol. The van der Waals surface area contributed by atoms with Gasteiger partial charge in [0.05, 0.1) is 0 Å². The van der Waals surface area contributed by atoms with Crippen LogP contribution in [0.25, 0.3) is 10.8 Å². The molecular formula is C10H5FN2. The van der Waals surface area contributed by atoms with Crippen LogP contribution in [0.2, 0.25) is 0 Å². The fraction of sp³-hybridized carbons (Fsp3) is 0. The maximum atomic E-state index is 13.2. The zero-order valence-corrected chi connectivity index (χ0v) is 6.66. The van der Waals surface area contributed by atoms with E-state index in [9.17, 15) is 4.39 Å². The Hall–Kier alpha value is -1.95. The van der Waals surface area contributed by atoms with Crippen LogP contribution in [0.5, 0.6) is 0 Å². The molecule has 62 valence electrons. The normalized spacial score (nSPS) is 9.85. The van der Waals surface area contributed by atoms with Crippen molar-refractivity contribution in [2.45, 2.75) is 0 Å². The van der Waals surface area contributed by atoms with Gasteiger partial charge in [-0.1, -0.05) is 12.1 Å². The fourth-order valence-corrected chi connectivity index (χ4v) is 1.19. The van der Waals surface area contributed by atoms with Crippen LogP contribution in [0.3, 0.4) is 0 Å². The van der Waals surface area contributed by atoms with Gasteiger partial charge in [-0.05, 0) is 12.1 Å². The molecule has 3 heteroatoms. The molecule has 0 atom stereocenters. The first-order chi connectivity index (χ1) is 6.31. The molecule has 0 aliphatic rings. The van der Waals surface area contributed by atoms with E-state index in [0.717, 1.165) is 0 Å². The number of pyridine rings is 1. The van der Waals surface area contributed by atoms with E-state index in [4.69, 9.17) is 5.26 Å². The van der Waals surface area contributed by atoms with Crippen molar-refractivity contribution < 1.29 is 4.39 Å². The Morgan fingerprint density at radius 2 is 2.23 bits per heavy atom. The van der Waals surface area contributed by atoms with Gasteiger partial charge in [-0.3, -0.25) is 0 Å². The number of benzene rings is 1. The Morgan fingerprint density at radius 3 is 3.00 bits per heavy atom. The van der Waals surface area contributed by atoms with Crippen LogP contribution >= 0.6 is 0 Å². The van der Waals surface area contributed by atoms with Crippen molar-refractivity contribution in [2.24, 2.45) is 0 Å². The van der Waals surface area contributed by atoms with E-state index < -0.39 is 0 Å². The van der Waals surface area contributed by atoms with Gasteiger partial charge in [0.1, 0.15) is 17.6 Å². The van der Waals surface area contributed by atoms with Gasteiger partial charge >= 0.3 is 0 Å². The quantitative estimate of drug-likeness (QED) is 0.611. The van der Waals surface area contributed by atoms with Gasteiger partial charge in [0.25, 0.3) is 0 Å². The second kappa shape index (κ2) is 2.83. The van der Waals surface area contributed by atoms with E-state index in [-0.39, 0.29) is 11.5 Å². The van der Waals surface area contributed by atoms with Crippen molar-refractivity contribution in [3.8, 4) is 6.07 Å². The molecule has 0 spiro atoms. The summed E-state index contributed by atoms with van der Waals surface area (Å²) in [5.74, 6) is -0.323. The molecule has 1 aromatic carbocycles. The molecule has 0 amide bonds. The summed E-state index contributed by atoms with van der Waals surface area (Å²) in [7, 11) is 0. The number of hydrogen-bond donors (Lipinski definition) is 0. The molecule has 2 rings (SSSR count). The molecule has 13 heavy (non-hydrogen) atoms. The summed E-state index contributed by atoms with van der Waals surface area (Å²) in [6.45, 7) is 0. The van der Waals surface area contributed by atoms with Gasteiger partial charge in [0.15, 0.2) is 0 Å². The Morgan fingerprint density at radius 1 is 1.38 bits per heavy atom. The molecule has 0 fully saturated rings. The summed E-state index contributed by atoms with van der Waals surface area (Å²) < 4.78 is 13.2. The molecule has 0 bridgehead atoms. The molecule has 1 aromatic heterocycles. The molecule has 1 heterocycles. The summed E-state index contributed by atoms with van der Waals surface area (Å²) >= 11 is 0. The molecule has 0 aliphatic carbocycles. The van der Waals surface area contributed by atoms with Crippen LogP contribution in [0.15, 0.2) is 30.5 Å². The summed E-state index contributed by atoms with van der Waals surface area (Å²) in [5.41, 5.74) is 0.234. The number of nitriles is 1. The predicted molar refractivity (Wildman–Crippen MR) is 46.4 cm³/mol. The van der Waals surface area contributed by atoms with Gasteiger partial charge in [-0.25, -0.2) is 9.37 Å². The van der Waals surface area contributed by atoms with Crippen molar-refractivity contribution >= 4 is 10.8 Å². The number of nitrogens with zero attached hydrogens (tertiary/aromatic N) is 2. The Balaban J connectivity index is 2.84. The largest absolute Gasteiger partial charge is 0.245 e. The average Bonchev–Trinajstić information content (AvgIpc) is 2.18. The maximum Gasteiger partial charge on any atom is 0.141 e. The number of fused-ring (bicyclic) bond motifs is 1. The Labute approximate surface area is 74.3 Å². The highest BCUT2D eigenvalue weighted by molar-refractivity contribution is 5.82. The van der Waals surface area contributed by atoms with Crippen LogP contribution in [0.4, 0.5) is 4.39 Å². The minimum Gasteiger partial charge on any atom is -0.245 e. The van der Waals surface area contributed by atoms with Crippen molar-refractivity contribution in [3.63, 3.8) is 0 Å². The highest BCUT2D eigenvalue weighted by Gasteiger charge is 2.01. The minimum absolute atomic E-state index is 0.234. The van der Waals surface area contributed by atoms with Crippen molar-refractivity contribution in [2.75, 3.05) is 0 Å². The van der Waals surface area contributed by atoms with Crippen LogP contribution in [0, 0.1) is 17.1 Å². The third-order valence-electron chi connectivity index (χ3n) is 1.82. The lowest BCUT2D eigenvalue weighted by Gasteiger charge is -1.97. The summed E-state index contributed by atoms with van der Waals surface area (Å²) in [5, 5.41) is 9.70. The number of rotatable bonds is 0. The van der Waals surface area contributed by atoms with E-state index in [1.54, 1.807) is 12.1 Å². The smallest absolute Gasteiger partial charge is 0.141 e. The van der Waals surface area contributed by atoms with Gasteiger partial charge in [0.2, 0.25) is 0 Å². The lowest BCUT2D eigenvalue weighted by molar-refractivity contribution is 0.639. The molecule has 2 nitrogen and oxygen atoms in total. The maximum absolute atomic E-state index is 13.2. The predicted octanol–water partition coefficient (Wildman–Crippen LogP) is 2.25. The van der Waals surface area contributed by atoms with E-state index in [0.29, 0.717) is 10.8 Å². The zero-order chi connectivity index (χ0) is 9.26. The SMILES string of the molecule is N#Cc1cc2c(F)cccc2cn1. The summed E-state index contributed by atoms with van der Waals surface area (Å²) in [4.78, 5) is 3.84. The minimum atomic E-state index is -0.323. The van der Waals surface area contributed by atoms with Crippen LogP contribution in [0.1, 0.15) is 5.69 Å². The molecule has 0 saturated carbocycles. The van der Waals surface area contributed by atoms with Crippen molar-refractivity contribution in [1.29, 1.82) is 5.26 Å². The van der Waals surface area contributed by atoms with Gasteiger partial charge in [0, 0.05) is 17.0 Å². The standard InChI is InChI=1S/C10H5FN2/c11-10-3-1-2-7-6-13-8(5-12)4-9(7)10/h1-4,6H. The molecule has 2 aromatic rings. The van der Waals surface area contributed by atoms with E-state index >= 15 is 0 Å². The first kappa shape index (κ1) is 7.69. The third-order valence-corrected chi connectivity index (χ3v) is 1.82. The molecule has 0 saturated heterocycles. The molecule has 0 unspecified atom stereocenters. The highest BCUT2D eigenvalue weighted by atomic mass is 19.1. The molecular weight excluding hydrogens is 167 g/mol. The van der Waals surface area contributed by atoms with Gasteiger partial charge in [-0.2, -0.15) is 5.26 Å². The average molecular weight is 172 g/mol. The van der Waals surface area contributed by atoms with Gasteiger partial charge in [-0.15, -0.1) is 0 Å². The van der Waals surface area contributed by atoms with Gasteiger partial charge < -0.3 is 0 Å². The first-order valence-corrected chi connectivity index (χ1v) is 3.75. The number of halogens is 1. The van der Waals surface area contributed by atoms with E-state index in [2.05, 4.69) is 4.98 Å². The molecule has 0 radical (unpaired) electrons.